The number of carbonyl (C=O) groups excluding carboxylic acids is 2. The summed E-state index contributed by atoms with van der Waals surface area (Å²) in [6, 6.07) is 9.98. The van der Waals surface area contributed by atoms with Crippen LogP contribution in [0, 0.1) is 0 Å². The van der Waals surface area contributed by atoms with Crippen LogP contribution in [0.15, 0.2) is 53.3 Å². The van der Waals surface area contributed by atoms with Gasteiger partial charge in [-0.3, -0.25) is 9.59 Å². The zero-order chi connectivity index (χ0) is 21.8. The predicted octanol–water partition coefficient (Wildman–Crippen LogP) is 2.95. The number of furan rings is 1. The Hall–Kier alpha value is -3.59. The highest BCUT2D eigenvalue weighted by atomic mass is 35.5. The molecule has 3 aromatic rings. The lowest BCUT2D eigenvalue weighted by Gasteiger charge is -2.35. The van der Waals surface area contributed by atoms with Crippen LogP contribution in [0.5, 0.6) is 5.88 Å². The summed E-state index contributed by atoms with van der Waals surface area (Å²) in [5.74, 6) is 0.860. The molecule has 1 aliphatic rings. The van der Waals surface area contributed by atoms with Gasteiger partial charge in [-0.15, -0.1) is 0 Å². The molecule has 0 unspecified atom stereocenters. The van der Waals surface area contributed by atoms with Gasteiger partial charge in [0.25, 0.3) is 11.8 Å². The number of nitrogens with zero attached hydrogens (tertiary/aromatic N) is 4. The fourth-order valence-corrected chi connectivity index (χ4v) is 3.47. The molecule has 0 saturated carbocycles. The second kappa shape index (κ2) is 9.05. The standard InChI is InChI=1S/C21H20ClN5O4/c1-30-19-12-14(11-17(22)25-19)21(29)27-8-6-26(7-9-27)18-5-4-15(13-23-18)24-20(28)16-3-2-10-31-16/h2-5,10-13H,6-9H2,1H3,(H,24,28). The van der Waals surface area contributed by atoms with Crippen molar-refractivity contribution in [3.8, 4) is 5.88 Å². The third-order valence-corrected chi connectivity index (χ3v) is 5.06. The molecule has 0 spiro atoms. The Bertz CT molecular complexity index is 1060. The number of ether oxygens (including phenoxy) is 1. The molecule has 4 rings (SSSR count). The van der Waals surface area contributed by atoms with Gasteiger partial charge >= 0.3 is 0 Å². The third kappa shape index (κ3) is 4.77. The van der Waals surface area contributed by atoms with Gasteiger partial charge in [0, 0.05) is 37.8 Å². The van der Waals surface area contributed by atoms with E-state index >= 15 is 0 Å². The van der Waals surface area contributed by atoms with Crippen LogP contribution in [0.4, 0.5) is 11.5 Å². The number of hydrogen-bond acceptors (Lipinski definition) is 7. The molecule has 0 aromatic carbocycles. The molecule has 1 aliphatic heterocycles. The molecule has 2 amide bonds. The van der Waals surface area contributed by atoms with Crippen molar-refractivity contribution < 1.29 is 18.7 Å². The third-order valence-electron chi connectivity index (χ3n) is 4.87. The maximum Gasteiger partial charge on any atom is 0.291 e. The van der Waals surface area contributed by atoms with Crippen LogP contribution in [0.2, 0.25) is 5.15 Å². The highest BCUT2D eigenvalue weighted by molar-refractivity contribution is 6.29. The first-order valence-electron chi connectivity index (χ1n) is 9.60. The first-order chi connectivity index (χ1) is 15.0. The van der Waals surface area contributed by atoms with Gasteiger partial charge in [0.05, 0.1) is 25.3 Å². The van der Waals surface area contributed by atoms with Crippen LogP contribution in [0.3, 0.4) is 0 Å². The van der Waals surface area contributed by atoms with Gasteiger partial charge in [-0.25, -0.2) is 9.97 Å². The minimum Gasteiger partial charge on any atom is -0.481 e. The average molecular weight is 442 g/mol. The van der Waals surface area contributed by atoms with Crippen molar-refractivity contribution in [2.24, 2.45) is 0 Å². The Morgan fingerprint density at radius 2 is 1.97 bits per heavy atom. The average Bonchev–Trinajstić information content (AvgIpc) is 3.34. The molecule has 0 bridgehead atoms. The molecule has 3 aromatic heterocycles. The SMILES string of the molecule is COc1cc(C(=O)N2CCN(c3ccc(NC(=O)c4ccco4)cn3)CC2)cc(Cl)n1. The normalized spacial score (nSPS) is 13.7. The van der Waals surface area contributed by atoms with Gasteiger partial charge in [-0.1, -0.05) is 11.6 Å². The number of hydrogen-bond donors (Lipinski definition) is 1. The molecule has 1 N–H and O–H groups in total. The Labute approximate surface area is 183 Å². The molecule has 1 saturated heterocycles. The zero-order valence-corrected chi connectivity index (χ0v) is 17.5. The first kappa shape index (κ1) is 20.7. The van der Waals surface area contributed by atoms with Crippen LogP contribution < -0.4 is 15.0 Å². The van der Waals surface area contributed by atoms with Gasteiger partial charge in [-0.05, 0) is 30.3 Å². The lowest BCUT2D eigenvalue weighted by molar-refractivity contribution is 0.0745. The lowest BCUT2D eigenvalue weighted by Crippen LogP contribution is -2.49. The van der Waals surface area contributed by atoms with E-state index in [2.05, 4.69) is 20.2 Å². The Morgan fingerprint density at radius 1 is 1.16 bits per heavy atom. The molecule has 9 nitrogen and oxygen atoms in total. The zero-order valence-electron chi connectivity index (χ0n) is 16.7. The second-order valence-electron chi connectivity index (χ2n) is 6.84. The van der Waals surface area contributed by atoms with Gasteiger partial charge in [0.2, 0.25) is 5.88 Å². The van der Waals surface area contributed by atoms with Gasteiger partial charge in [-0.2, -0.15) is 0 Å². The maximum absolute atomic E-state index is 12.8. The molecule has 4 heterocycles. The fourth-order valence-electron chi connectivity index (χ4n) is 3.27. The smallest absolute Gasteiger partial charge is 0.291 e. The summed E-state index contributed by atoms with van der Waals surface area (Å²) in [7, 11) is 1.48. The Morgan fingerprint density at radius 3 is 2.61 bits per heavy atom. The van der Waals surface area contributed by atoms with Crippen LogP contribution in [-0.2, 0) is 0 Å². The van der Waals surface area contributed by atoms with Gasteiger partial charge < -0.3 is 24.3 Å². The van der Waals surface area contributed by atoms with Crippen LogP contribution in [0.25, 0.3) is 0 Å². The molecular weight excluding hydrogens is 422 g/mol. The molecule has 0 radical (unpaired) electrons. The van der Waals surface area contributed by atoms with E-state index in [-0.39, 0.29) is 22.7 Å². The molecule has 1 fully saturated rings. The monoisotopic (exact) mass is 441 g/mol. The summed E-state index contributed by atoms with van der Waals surface area (Å²) in [5.41, 5.74) is 1.02. The number of anilines is 2. The number of aromatic nitrogens is 2. The highest BCUT2D eigenvalue weighted by Gasteiger charge is 2.24. The number of piperazine rings is 1. The molecule has 0 atom stereocenters. The van der Waals surface area contributed by atoms with Crippen molar-refractivity contribution in [2.75, 3.05) is 43.5 Å². The van der Waals surface area contributed by atoms with E-state index in [0.717, 1.165) is 5.82 Å². The van der Waals surface area contributed by atoms with Crippen molar-refractivity contribution in [1.82, 2.24) is 14.9 Å². The summed E-state index contributed by atoms with van der Waals surface area (Å²) in [4.78, 5) is 37.1. The number of pyridine rings is 2. The van der Waals surface area contributed by atoms with Crippen LogP contribution in [-0.4, -0.2) is 60.0 Å². The minimum absolute atomic E-state index is 0.119. The summed E-state index contributed by atoms with van der Waals surface area (Å²) in [5, 5.41) is 2.95. The van der Waals surface area contributed by atoms with Crippen molar-refractivity contribution in [3.63, 3.8) is 0 Å². The molecule has 160 valence electrons. The van der Waals surface area contributed by atoms with E-state index in [1.165, 1.54) is 19.4 Å². The van der Waals surface area contributed by atoms with E-state index in [1.807, 2.05) is 6.07 Å². The highest BCUT2D eigenvalue weighted by Crippen LogP contribution is 2.20. The topological polar surface area (TPSA) is 101 Å². The number of carbonyl (C=O) groups is 2. The van der Waals surface area contributed by atoms with Gasteiger partial charge in [0.1, 0.15) is 11.0 Å². The van der Waals surface area contributed by atoms with E-state index in [9.17, 15) is 9.59 Å². The van der Waals surface area contributed by atoms with Crippen LogP contribution in [0.1, 0.15) is 20.9 Å². The summed E-state index contributed by atoms with van der Waals surface area (Å²) >= 11 is 5.98. The fraction of sp³-hybridized carbons (Fsp3) is 0.238. The largest absolute Gasteiger partial charge is 0.481 e. The number of nitrogens with one attached hydrogen (secondary N) is 1. The minimum atomic E-state index is -0.334. The van der Waals surface area contributed by atoms with Crippen molar-refractivity contribution >= 4 is 34.9 Å². The molecular formula is C21H20ClN5O4. The molecule has 0 aliphatic carbocycles. The van der Waals surface area contributed by atoms with E-state index in [1.54, 1.807) is 35.4 Å². The van der Waals surface area contributed by atoms with Crippen molar-refractivity contribution in [2.45, 2.75) is 0 Å². The summed E-state index contributed by atoms with van der Waals surface area (Å²) < 4.78 is 10.2. The number of halogens is 1. The maximum atomic E-state index is 12.8. The Balaban J connectivity index is 1.35. The predicted molar refractivity (Wildman–Crippen MR) is 115 cm³/mol. The van der Waals surface area contributed by atoms with Crippen molar-refractivity contribution in [3.05, 3.63) is 65.3 Å². The summed E-state index contributed by atoms with van der Waals surface area (Å²) in [6.45, 7) is 2.35. The van der Waals surface area contributed by atoms with E-state index in [4.69, 9.17) is 20.8 Å². The van der Waals surface area contributed by atoms with E-state index in [0.29, 0.717) is 43.3 Å². The number of amides is 2. The second-order valence-corrected chi connectivity index (χ2v) is 7.22. The Kier molecular flexibility index (Phi) is 6.03. The first-order valence-corrected chi connectivity index (χ1v) is 9.98. The summed E-state index contributed by atoms with van der Waals surface area (Å²) in [6.07, 6.45) is 3.04. The van der Waals surface area contributed by atoms with Gasteiger partial charge in [0.15, 0.2) is 5.76 Å². The molecule has 31 heavy (non-hydrogen) atoms. The van der Waals surface area contributed by atoms with Crippen LogP contribution >= 0.6 is 11.6 Å². The quantitative estimate of drug-likeness (QED) is 0.607. The lowest BCUT2D eigenvalue weighted by atomic mass is 10.2. The number of methoxy groups -OCH3 is 1. The van der Waals surface area contributed by atoms with E-state index < -0.39 is 0 Å². The number of rotatable bonds is 5. The van der Waals surface area contributed by atoms with Crippen molar-refractivity contribution in [1.29, 1.82) is 0 Å². The molecule has 10 heteroatoms.